The molecule has 4 N–H and O–H groups in total. The topological polar surface area (TPSA) is 66.5 Å². The van der Waals surface area contributed by atoms with Gasteiger partial charge in [0.05, 0.1) is 18.8 Å². The number of rotatable bonds is 4. The third-order valence-corrected chi connectivity index (χ3v) is 1.29. The normalized spacial score (nSPS) is 17.3. The van der Waals surface area contributed by atoms with Gasteiger partial charge in [0.2, 0.25) is 0 Å². The molecule has 0 amide bonds. The fraction of sp³-hybridized carbons (Fsp3) is 1.00. The van der Waals surface area contributed by atoms with Gasteiger partial charge in [0.15, 0.2) is 0 Å². The van der Waals surface area contributed by atoms with E-state index in [4.69, 9.17) is 15.9 Å². The molecule has 0 aromatic heterocycles. The molecular weight excluding hydrogens is 118 g/mol. The van der Waals surface area contributed by atoms with Gasteiger partial charge in [0, 0.05) is 0 Å². The highest BCUT2D eigenvalue weighted by Gasteiger charge is 2.10. The Morgan fingerprint density at radius 3 is 2.44 bits per heavy atom. The van der Waals surface area contributed by atoms with Crippen molar-refractivity contribution in [1.29, 1.82) is 0 Å². The maximum atomic E-state index is 9.03. The molecule has 0 unspecified atom stereocenters. The molecule has 56 valence electrons. The molecule has 0 bridgehead atoms. The molecule has 0 rings (SSSR count). The second-order valence-electron chi connectivity index (χ2n) is 2.20. The van der Waals surface area contributed by atoms with Crippen LogP contribution in [-0.2, 0) is 0 Å². The summed E-state index contributed by atoms with van der Waals surface area (Å²) in [6.45, 7) is 1.83. The van der Waals surface area contributed by atoms with E-state index in [0.29, 0.717) is 6.42 Å². The van der Waals surface area contributed by atoms with Gasteiger partial charge in [-0.2, -0.15) is 0 Å². The minimum absolute atomic E-state index is 0.138. The van der Waals surface area contributed by atoms with E-state index in [1.54, 1.807) is 0 Å². The van der Waals surface area contributed by atoms with Crippen molar-refractivity contribution in [2.24, 2.45) is 5.73 Å². The molecule has 0 aliphatic heterocycles. The van der Waals surface area contributed by atoms with E-state index < -0.39 is 12.1 Å². The molecule has 0 aliphatic rings. The van der Waals surface area contributed by atoms with Crippen LogP contribution in [0.4, 0.5) is 0 Å². The molecular formula is C6H15NO2. The van der Waals surface area contributed by atoms with E-state index >= 15 is 0 Å². The van der Waals surface area contributed by atoms with Crippen LogP contribution in [-0.4, -0.2) is 29.0 Å². The van der Waals surface area contributed by atoms with E-state index in [-0.39, 0.29) is 6.61 Å². The number of aliphatic hydroxyl groups is 2. The van der Waals surface area contributed by atoms with Crippen LogP contribution in [0.25, 0.3) is 0 Å². The van der Waals surface area contributed by atoms with Crippen LogP contribution in [0.3, 0.4) is 0 Å². The predicted molar refractivity (Wildman–Crippen MR) is 36.0 cm³/mol. The summed E-state index contributed by atoms with van der Waals surface area (Å²) in [5.74, 6) is 0. The SMILES string of the molecule is CCC[C@@H](O)[C@H](N)CO. The van der Waals surface area contributed by atoms with Crippen LogP contribution >= 0.6 is 0 Å². The van der Waals surface area contributed by atoms with Crippen molar-refractivity contribution in [2.45, 2.75) is 31.9 Å². The third kappa shape index (κ3) is 3.46. The standard InChI is InChI=1S/C6H15NO2/c1-2-3-6(9)5(7)4-8/h5-6,8-9H,2-4,7H2,1H3/t5-,6-/m1/s1. The molecule has 0 radical (unpaired) electrons. The summed E-state index contributed by atoms with van der Waals surface area (Å²) in [4.78, 5) is 0. The van der Waals surface area contributed by atoms with Crippen LogP contribution in [0.5, 0.6) is 0 Å². The van der Waals surface area contributed by atoms with E-state index in [9.17, 15) is 0 Å². The number of nitrogens with two attached hydrogens (primary N) is 1. The van der Waals surface area contributed by atoms with E-state index in [1.807, 2.05) is 6.92 Å². The van der Waals surface area contributed by atoms with Crippen molar-refractivity contribution in [3.8, 4) is 0 Å². The van der Waals surface area contributed by atoms with E-state index in [2.05, 4.69) is 0 Å². The van der Waals surface area contributed by atoms with Gasteiger partial charge >= 0.3 is 0 Å². The molecule has 2 atom stereocenters. The molecule has 0 fully saturated rings. The maximum absolute atomic E-state index is 9.03. The molecule has 0 aliphatic carbocycles. The van der Waals surface area contributed by atoms with Gasteiger partial charge in [-0.25, -0.2) is 0 Å². The fourth-order valence-corrected chi connectivity index (χ4v) is 0.632. The van der Waals surface area contributed by atoms with Crippen molar-refractivity contribution in [2.75, 3.05) is 6.61 Å². The number of aliphatic hydroxyl groups excluding tert-OH is 2. The average Bonchev–Trinajstić information content (AvgIpc) is 1.87. The Bertz CT molecular complexity index is 68.1. The smallest absolute Gasteiger partial charge is 0.0713 e. The highest BCUT2D eigenvalue weighted by atomic mass is 16.3. The van der Waals surface area contributed by atoms with Gasteiger partial charge in [-0.1, -0.05) is 13.3 Å². The minimum atomic E-state index is -0.542. The summed E-state index contributed by atoms with van der Waals surface area (Å²) < 4.78 is 0. The third-order valence-electron chi connectivity index (χ3n) is 1.29. The molecule has 0 spiro atoms. The zero-order valence-corrected chi connectivity index (χ0v) is 5.75. The Labute approximate surface area is 55.5 Å². The lowest BCUT2D eigenvalue weighted by Crippen LogP contribution is -2.37. The maximum Gasteiger partial charge on any atom is 0.0713 e. The Balaban J connectivity index is 3.32. The highest BCUT2D eigenvalue weighted by Crippen LogP contribution is 1.98. The molecule has 0 aromatic carbocycles. The Morgan fingerprint density at radius 2 is 2.11 bits per heavy atom. The van der Waals surface area contributed by atoms with Crippen molar-refractivity contribution >= 4 is 0 Å². The van der Waals surface area contributed by atoms with Crippen molar-refractivity contribution in [3.05, 3.63) is 0 Å². The monoisotopic (exact) mass is 133 g/mol. The Kier molecular flexibility index (Phi) is 4.67. The van der Waals surface area contributed by atoms with Gasteiger partial charge < -0.3 is 15.9 Å². The average molecular weight is 133 g/mol. The van der Waals surface area contributed by atoms with Crippen molar-refractivity contribution < 1.29 is 10.2 Å². The zero-order chi connectivity index (χ0) is 7.28. The first-order chi connectivity index (χ1) is 4.22. The van der Waals surface area contributed by atoms with E-state index in [0.717, 1.165) is 6.42 Å². The summed E-state index contributed by atoms with van der Waals surface area (Å²) in [7, 11) is 0. The van der Waals surface area contributed by atoms with Crippen molar-refractivity contribution in [3.63, 3.8) is 0 Å². The molecule has 3 nitrogen and oxygen atoms in total. The van der Waals surface area contributed by atoms with Gasteiger partial charge in [-0.05, 0) is 6.42 Å². The Morgan fingerprint density at radius 1 is 1.56 bits per heavy atom. The largest absolute Gasteiger partial charge is 0.395 e. The molecule has 0 heterocycles. The van der Waals surface area contributed by atoms with Gasteiger partial charge in [-0.15, -0.1) is 0 Å². The molecule has 3 heteroatoms. The summed E-state index contributed by atoms with van der Waals surface area (Å²) >= 11 is 0. The van der Waals surface area contributed by atoms with Crippen LogP contribution in [0.1, 0.15) is 19.8 Å². The highest BCUT2D eigenvalue weighted by molar-refractivity contribution is 4.69. The molecule has 0 aromatic rings. The van der Waals surface area contributed by atoms with Crippen molar-refractivity contribution in [1.82, 2.24) is 0 Å². The first kappa shape index (κ1) is 8.88. The first-order valence-electron chi connectivity index (χ1n) is 3.26. The summed E-state index contributed by atoms with van der Waals surface area (Å²) in [6.07, 6.45) is 1.02. The summed E-state index contributed by atoms with van der Waals surface area (Å²) in [6, 6.07) is -0.468. The second kappa shape index (κ2) is 4.73. The lowest BCUT2D eigenvalue weighted by atomic mass is 10.1. The lowest BCUT2D eigenvalue weighted by Gasteiger charge is -2.14. The van der Waals surface area contributed by atoms with Gasteiger partial charge in [0.25, 0.3) is 0 Å². The quantitative estimate of drug-likeness (QED) is 0.483. The lowest BCUT2D eigenvalue weighted by molar-refractivity contribution is 0.101. The van der Waals surface area contributed by atoms with Crippen LogP contribution < -0.4 is 5.73 Å². The van der Waals surface area contributed by atoms with Crippen LogP contribution in [0.15, 0.2) is 0 Å². The molecule has 0 saturated heterocycles. The fourth-order valence-electron chi connectivity index (χ4n) is 0.632. The van der Waals surface area contributed by atoms with Crippen LogP contribution in [0, 0.1) is 0 Å². The number of hydrogen-bond acceptors (Lipinski definition) is 3. The van der Waals surface area contributed by atoms with Gasteiger partial charge in [-0.3, -0.25) is 0 Å². The van der Waals surface area contributed by atoms with Crippen LogP contribution in [0.2, 0.25) is 0 Å². The minimum Gasteiger partial charge on any atom is -0.395 e. The number of hydrogen-bond donors (Lipinski definition) is 3. The second-order valence-corrected chi connectivity index (χ2v) is 2.20. The Hall–Kier alpha value is -0.120. The summed E-state index contributed by atoms with van der Waals surface area (Å²) in [5, 5.41) is 17.5. The summed E-state index contributed by atoms with van der Waals surface area (Å²) in [5.41, 5.74) is 5.30. The predicted octanol–water partition coefficient (Wildman–Crippen LogP) is -0.533. The van der Waals surface area contributed by atoms with Gasteiger partial charge in [0.1, 0.15) is 0 Å². The first-order valence-corrected chi connectivity index (χ1v) is 3.26. The molecule has 9 heavy (non-hydrogen) atoms. The zero-order valence-electron chi connectivity index (χ0n) is 5.75. The molecule has 0 saturated carbocycles. The van der Waals surface area contributed by atoms with E-state index in [1.165, 1.54) is 0 Å².